The van der Waals surface area contributed by atoms with Crippen molar-refractivity contribution in [1.29, 1.82) is 0 Å². The average molecular weight is 561 g/mol. The van der Waals surface area contributed by atoms with Crippen LogP contribution in [0.25, 0.3) is 0 Å². The van der Waals surface area contributed by atoms with Gasteiger partial charge >= 0.3 is 0 Å². The van der Waals surface area contributed by atoms with E-state index in [2.05, 4.69) is 69.2 Å². The van der Waals surface area contributed by atoms with Gasteiger partial charge in [0.25, 0.3) is 0 Å². The largest absolute Gasteiger partial charge is 0.0625 e. The molecular weight excluding hydrogens is 480 g/mol. The Hall–Kier alpha value is 0. The molecule has 5 rings (SSSR count). The van der Waals surface area contributed by atoms with Gasteiger partial charge in [0.15, 0.2) is 0 Å². The lowest BCUT2D eigenvalue weighted by molar-refractivity contribution is 0.308. The van der Waals surface area contributed by atoms with Crippen LogP contribution in [0.15, 0.2) is 0 Å². The molecule has 0 atom stereocenters. The van der Waals surface area contributed by atoms with Crippen LogP contribution in [-0.4, -0.2) is 0 Å². The molecule has 0 N–H and O–H groups in total. The summed E-state index contributed by atoms with van der Waals surface area (Å²) in [5.74, 6) is 10.2. The average Bonchev–Trinajstić information content (AvgIpc) is 2.94. The van der Waals surface area contributed by atoms with Crippen molar-refractivity contribution in [1.82, 2.24) is 0 Å². The van der Waals surface area contributed by atoms with E-state index in [1.54, 1.807) is 0 Å². The summed E-state index contributed by atoms with van der Waals surface area (Å²) in [5.41, 5.74) is 0. The third kappa shape index (κ3) is 20.8. The number of rotatable bonds is 0. The first kappa shape index (κ1) is 38.0. The van der Waals surface area contributed by atoms with Gasteiger partial charge in [0.05, 0.1) is 0 Å². The van der Waals surface area contributed by atoms with E-state index in [9.17, 15) is 0 Å². The molecular formula is C40H80. The molecule has 5 saturated carbocycles. The lowest BCUT2D eigenvalue weighted by Gasteiger charge is -2.22. The van der Waals surface area contributed by atoms with E-state index in [1.807, 2.05) is 0 Å². The first-order valence-electron chi connectivity index (χ1n) is 18.9. The number of hydrogen-bond acceptors (Lipinski definition) is 0. The lowest BCUT2D eigenvalue weighted by Crippen LogP contribution is -2.08. The van der Waals surface area contributed by atoms with Gasteiger partial charge in [-0.15, -0.1) is 0 Å². The van der Waals surface area contributed by atoms with E-state index in [4.69, 9.17) is 0 Å². The molecule has 5 aliphatic carbocycles. The Morgan fingerprint density at radius 2 is 0.200 bits per heavy atom. The van der Waals surface area contributed by atoms with Gasteiger partial charge in [-0.25, -0.2) is 0 Å². The molecule has 0 aliphatic heterocycles. The zero-order valence-corrected chi connectivity index (χ0v) is 29.9. The summed E-state index contributed by atoms with van der Waals surface area (Å²) in [6, 6.07) is 0. The standard InChI is InChI=1S/5C8H16/c5*1-7-3-5-8(2)6-4-7/h5*7-8H,3-6H2,1-2H3. The zero-order chi connectivity index (χ0) is 29.9. The first-order valence-corrected chi connectivity index (χ1v) is 18.9. The summed E-state index contributed by atoms with van der Waals surface area (Å²) in [6.07, 6.45) is 29.5. The van der Waals surface area contributed by atoms with Crippen molar-refractivity contribution in [2.75, 3.05) is 0 Å². The van der Waals surface area contributed by atoms with Gasteiger partial charge in [0.1, 0.15) is 0 Å². The molecule has 0 heterocycles. The van der Waals surface area contributed by atoms with Gasteiger partial charge in [-0.05, 0) is 59.2 Å². The summed E-state index contributed by atoms with van der Waals surface area (Å²) in [5, 5.41) is 0. The fourth-order valence-electron chi connectivity index (χ4n) is 7.13. The highest BCUT2D eigenvalue weighted by atomic mass is 14.2. The highest BCUT2D eigenvalue weighted by molar-refractivity contribution is 4.68. The lowest BCUT2D eigenvalue weighted by atomic mass is 9.84. The second-order valence-corrected chi connectivity index (χ2v) is 16.8. The van der Waals surface area contributed by atoms with Crippen molar-refractivity contribution in [2.24, 2.45) is 59.2 Å². The van der Waals surface area contributed by atoms with Gasteiger partial charge in [-0.1, -0.05) is 198 Å². The maximum absolute atomic E-state index is 2.37. The van der Waals surface area contributed by atoms with Crippen molar-refractivity contribution >= 4 is 0 Å². The van der Waals surface area contributed by atoms with E-state index in [-0.39, 0.29) is 0 Å². The molecule has 0 aromatic heterocycles. The van der Waals surface area contributed by atoms with Crippen LogP contribution in [0.2, 0.25) is 0 Å². The predicted molar refractivity (Wildman–Crippen MR) is 184 cm³/mol. The smallest absolute Gasteiger partial charge is 0.0443 e. The molecule has 5 fully saturated rings. The molecule has 0 aromatic carbocycles. The van der Waals surface area contributed by atoms with E-state index in [0.717, 1.165) is 59.2 Å². The molecule has 0 bridgehead atoms. The molecule has 0 heteroatoms. The highest BCUT2D eigenvalue weighted by Crippen LogP contribution is 2.30. The second-order valence-electron chi connectivity index (χ2n) is 16.8. The molecule has 0 aromatic rings. The summed E-state index contributed by atoms with van der Waals surface area (Å²) < 4.78 is 0. The Kier molecular flexibility index (Phi) is 21.4. The quantitative estimate of drug-likeness (QED) is 0.276. The minimum absolute atomic E-state index is 1.02. The van der Waals surface area contributed by atoms with Crippen LogP contribution in [0.1, 0.15) is 198 Å². The normalized spacial score (nSPS) is 39.8. The van der Waals surface area contributed by atoms with E-state index in [0.29, 0.717) is 0 Å². The molecule has 5 aliphatic rings. The fourth-order valence-corrected chi connectivity index (χ4v) is 7.13. The zero-order valence-electron chi connectivity index (χ0n) is 29.9. The van der Waals surface area contributed by atoms with E-state index < -0.39 is 0 Å². The van der Waals surface area contributed by atoms with Gasteiger partial charge in [-0.3, -0.25) is 0 Å². The van der Waals surface area contributed by atoms with Crippen LogP contribution in [0, 0.1) is 59.2 Å². The van der Waals surface area contributed by atoms with Crippen LogP contribution in [0.5, 0.6) is 0 Å². The number of hydrogen-bond donors (Lipinski definition) is 0. The van der Waals surface area contributed by atoms with Crippen LogP contribution in [0.3, 0.4) is 0 Å². The fraction of sp³-hybridized carbons (Fsp3) is 1.00. The van der Waals surface area contributed by atoms with Crippen molar-refractivity contribution < 1.29 is 0 Å². The van der Waals surface area contributed by atoms with Gasteiger partial charge in [0.2, 0.25) is 0 Å². The van der Waals surface area contributed by atoms with Crippen LogP contribution in [-0.2, 0) is 0 Å². The third-order valence-electron chi connectivity index (χ3n) is 11.5. The van der Waals surface area contributed by atoms with Gasteiger partial charge in [-0.2, -0.15) is 0 Å². The summed E-state index contributed by atoms with van der Waals surface area (Å²) in [4.78, 5) is 0. The Morgan fingerprint density at radius 1 is 0.150 bits per heavy atom. The van der Waals surface area contributed by atoms with Crippen molar-refractivity contribution in [3.8, 4) is 0 Å². The van der Waals surface area contributed by atoms with Crippen LogP contribution in [0.4, 0.5) is 0 Å². The summed E-state index contributed by atoms with van der Waals surface area (Å²) in [7, 11) is 0. The van der Waals surface area contributed by atoms with Crippen molar-refractivity contribution in [2.45, 2.75) is 198 Å². The van der Waals surface area contributed by atoms with E-state index >= 15 is 0 Å². The Labute approximate surface area is 256 Å². The van der Waals surface area contributed by atoms with Crippen molar-refractivity contribution in [3.63, 3.8) is 0 Å². The highest BCUT2D eigenvalue weighted by Gasteiger charge is 2.16. The molecule has 0 amide bonds. The van der Waals surface area contributed by atoms with Crippen molar-refractivity contribution in [3.05, 3.63) is 0 Å². The molecule has 0 nitrogen and oxygen atoms in total. The minimum Gasteiger partial charge on any atom is -0.0625 e. The minimum atomic E-state index is 1.02. The maximum Gasteiger partial charge on any atom is -0.0443 e. The third-order valence-corrected chi connectivity index (χ3v) is 11.5. The maximum atomic E-state index is 2.37. The Bertz CT molecular complexity index is 358. The molecule has 240 valence electrons. The van der Waals surface area contributed by atoms with Gasteiger partial charge in [0, 0.05) is 0 Å². The SMILES string of the molecule is CC1CCC(C)CC1.CC1CCC(C)CC1.CC1CCC(C)CC1.CC1CCC(C)CC1.CC1CCC(C)CC1. The van der Waals surface area contributed by atoms with Crippen LogP contribution >= 0.6 is 0 Å². The van der Waals surface area contributed by atoms with E-state index in [1.165, 1.54) is 128 Å². The van der Waals surface area contributed by atoms with Gasteiger partial charge < -0.3 is 0 Å². The predicted octanol–water partition coefficient (Wildman–Crippen LogP) is 14.2. The Balaban J connectivity index is 0.000000250. The Morgan fingerprint density at radius 3 is 0.250 bits per heavy atom. The topological polar surface area (TPSA) is 0 Å². The second kappa shape index (κ2) is 22.5. The molecule has 0 spiro atoms. The molecule has 0 radical (unpaired) electrons. The first-order chi connectivity index (χ1) is 18.9. The molecule has 0 unspecified atom stereocenters. The van der Waals surface area contributed by atoms with Crippen LogP contribution < -0.4 is 0 Å². The monoisotopic (exact) mass is 561 g/mol. The molecule has 0 saturated heterocycles. The summed E-state index contributed by atoms with van der Waals surface area (Å²) >= 11 is 0. The summed E-state index contributed by atoms with van der Waals surface area (Å²) in [6.45, 7) is 23.7. The molecule has 40 heavy (non-hydrogen) atoms.